The standard InChI is InChI=1S/C15H23BrO2/c1-3-4-5-6-7-14(17)11-12-10-13(16)8-9-15(12)18-2/h8-10,14,17H,3-7,11H2,1-2H3. The van der Waals surface area contributed by atoms with Crippen LogP contribution in [0.2, 0.25) is 0 Å². The Bertz CT molecular complexity index is 352. The van der Waals surface area contributed by atoms with Gasteiger partial charge < -0.3 is 9.84 Å². The smallest absolute Gasteiger partial charge is 0.122 e. The fraction of sp³-hybridized carbons (Fsp3) is 0.600. The van der Waals surface area contributed by atoms with E-state index < -0.39 is 0 Å². The summed E-state index contributed by atoms with van der Waals surface area (Å²) in [4.78, 5) is 0. The van der Waals surface area contributed by atoms with Gasteiger partial charge in [0.05, 0.1) is 13.2 Å². The molecule has 0 bridgehead atoms. The van der Waals surface area contributed by atoms with Gasteiger partial charge in [-0.05, 0) is 30.2 Å². The Morgan fingerprint density at radius 3 is 2.72 bits per heavy atom. The van der Waals surface area contributed by atoms with Crippen molar-refractivity contribution in [3.05, 3.63) is 28.2 Å². The fourth-order valence-electron chi connectivity index (χ4n) is 2.07. The number of aliphatic hydroxyl groups excluding tert-OH is 1. The molecule has 0 heterocycles. The minimum atomic E-state index is -0.273. The molecule has 1 rings (SSSR count). The topological polar surface area (TPSA) is 29.5 Å². The van der Waals surface area contributed by atoms with Crippen LogP contribution < -0.4 is 4.74 Å². The van der Waals surface area contributed by atoms with Gasteiger partial charge in [0.15, 0.2) is 0 Å². The highest BCUT2D eigenvalue weighted by Gasteiger charge is 2.10. The minimum Gasteiger partial charge on any atom is -0.496 e. The van der Waals surface area contributed by atoms with Crippen molar-refractivity contribution >= 4 is 15.9 Å². The van der Waals surface area contributed by atoms with E-state index in [0.717, 1.165) is 28.6 Å². The van der Waals surface area contributed by atoms with Crippen molar-refractivity contribution in [2.24, 2.45) is 0 Å². The monoisotopic (exact) mass is 314 g/mol. The Kier molecular flexibility index (Phi) is 7.36. The molecule has 0 aliphatic rings. The molecular weight excluding hydrogens is 292 g/mol. The minimum absolute atomic E-state index is 0.273. The highest BCUT2D eigenvalue weighted by molar-refractivity contribution is 9.10. The van der Waals surface area contributed by atoms with Gasteiger partial charge in [0, 0.05) is 10.9 Å². The van der Waals surface area contributed by atoms with E-state index in [9.17, 15) is 5.11 Å². The molecule has 0 saturated carbocycles. The number of benzene rings is 1. The predicted molar refractivity (Wildman–Crippen MR) is 79.2 cm³/mol. The summed E-state index contributed by atoms with van der Waals surface area (Å²) in [5, 5.41) is 10.0. The summed E-state index contributed by atoms with van der Waals surface area (Å²) >= 11 is 3.45. The summed E-state index contributed by atoms with van der Waals surface area (Å²) in [6, 6.07) is 5.91. The summed E-state index contributed by atoms with van der Waals surface area (Å²) in [5.41, 5.74) is 1.06. The van der Waals surface area contributed by atoms with Gasteiger partial charge in [0.25, 0.3) is 0 Å². The van der Waals surface area contributed by atoms with Crippen LogP contribution in [0.15, 0.2) is 22.7 Å². The summed E-state index contributed by atoms with van der Waals surface area (Å²) in [7, 11) is 1.67. The third-order valence-corrected chi connectivity index (χ3v) is 3.58. The third-order valence-electron chi connectivity index (χ3n) is 3.09. The molecule has 0 aliphatic heterocycles. The van der Waals surface area contributed by atoms with Crippen LogP contribution >= 0.6 is 15.9 Å². The Hall–Kier alpha value is -0.540. The van der Waals surface area contributed by atoms with E-state index in [1.54, 1.807) is 7.11 Å². The normalized spacial score (nSPS) is 12.4. The second kappa shape index (κ2) is 8.54. The van der Waals surface area contributed by atoms with E-state index in [-0.39, 0.29) is 6.10 Å². The molecule has 0 aromatic heterocycles. The Labute approximate surface area is 118 Å². The summed E-state index contributed by atoms with van der Waals surface area (Å²) in [6.45, 7) is 2.20. The number of ether oxygens (including phenoxy) is 1. The largest absolute Gasteiger partial charge is 0.496 e. The van der Waals surface area contributed by atoms with Crippen LogP contribution in [0.5, 0.6) is 5.75 Å². The van der Waals surface area contributed by atoms with Crippen LogP contribution in [0.1, 0.15) is 44.6 Å². The van der Waals surface area contributed by atoms with Crippen LogP contribution in [-0.2, 0) is 6.42 Å². The van der Waals surface area contributed by atoms with Crippen molar-refractivity contribution in [3.63, 3.8) is 0 Å². The zero-order chi connectivity index (χ0) is 13.4. The summed E-state index contributed by atoms with van der Waals surface area (Å²) < 4.78 is 6.34. The van der Waals surface area contributed by atoms with E-state index in [1.165, 1.54) is 19.3 Å². The van der Waals surface area contributed by atoms with Crippen molar-refractivity contribution in [2.75, 3.05) is 7.11 Å². The first kappa shape index (κ1) is 15.5. The maximum atomic E-state index is 10.0. The number of rotatable bonds is 8. The van der Waals surface area contributed by atoms with Gasteiger partial charge in [0.1, 0.15) is 5.75 Å². The maximum Gasteiger partial charge on any atom is 0.122 e. The molecular formula is C15H23BrO2. The molecule has 2 nitrogen and oxygen atoms in total. The van der Waals surface area contributed by atoms with Crippen LogP contribution in [-0.4, -0.2) is 18.3 Å². The first-order valence-electron chi connectivity index (χ1n) is 6.67. The SMILES string of the molecule is CCCCCCC(O)Cc1cc(Br)ccc1OC. The molecule has 1 aromatic carbocycles. The first-order valence-corrected chi connectivity index (χ1v) is 7.47. The zero-order valence-electron chi connectivity index (χ0n) is 11.3. The van der Waals surface area contributed by atoms with E-state index in [1.807, 2.05) is 18.2 Å². The van der Waals surface area contributed by atoms with Crippen molar-refractivity contribution in [2.45, 2.75) is 51.6 Å². The van der Waals surface area contributed by atoms with E-state index >= 15 is 0 Å². The van der Waals surface area contributed by atoms with Crippen molar-refractivity contribution in [1.82, 2.24) is 0 Å². The number of halogens is 1. The second-order valence-electron chi connectivity index (χ2n) is 4.66. The molecule has 1 unspecified atom stereocenters. The maximum absolute atomic E-state index is 10.0. The zero-order valence-corrected chi connectivity index (χ0v) is 12.9. The highest BCUT2D eigenvalue weighted by Crippen LogP contribution is 2.25. The molecule has 0 amide bonds. The van der Waals surface area contributed by atoms with Gasteiger partial charge in [-0.1, -0.05) is 48.5 Å². The molecule has 1 aromatic rings. The highest BCUT2D eigenvalue weighted by atomic mass is 79.9. The lowest BCUT2D eigenvalue weighted by Gasteiger charge is -2.13. The molecule has 18 heavy (non-hydrogen) atoms. The van der Waals surface area contributed by atoms with Crippen LogP contribution in [0, 0.1) is 0 Å². The van der Waals surface area contributed by atoms with Gasteiger partial charge in [-0.3, -0.25) is 0 Å². The van der Waals surface area contributed by atoms with Gasteiger partial charge in [0.2, 0.25) is 0 Å². The van der Waals surface area contributed by atoms with Gasteiger partial charge in [-0.15, -0.1) is 0 Å². The Morgan fingerprint density at radius 1 is 1.28 bits per heavy atom. The molecule has 0 aliphatic carbocycles. The second-order valence-corrected chi connectivity index (χ2v) is 5.58. The molecule has 102 valence electrons. The van der Waals surface area contributed by atoms with Crippen LogP contribution in [0.3, 0.4) is 0 Å². The fourth-order valence-corrected chi connectivity index (χ4v) is 2.48. The number of unbranched alkanes of at least 4 members (excludes halogenated alkanes) is 3. The molecule has 0 spiro atoms. The van der Waals surface area contributed by atoms with Gasteiger partial charge >= 0.3 is 0 Å². The average Bonchev–Trinajstić information content (AvgIpc) is 2.35. The quantitative estimate of drug-likeness (QED) is 0.724. The summed E-state index contributed by atoms with van der Waals surface area (Å²) in [6.07, 6.45) is 6.06. The van der Waals surface area contributed by atoms with E-state index in [2.05, 4.69) is 22.9 Å². The van der Waals surface area contributed by atoms with Gasteiger partial charge in [-0.2, -0.15) is 0 Å². The molecule has 3 heteroatoms. The molecule has 1 N–H and O–H groups in total. The van der Waals surface area contributed by atoms with Crippen LogP contribution in [0.4, 0.5) is 0 Å². The van der Waals surface area contributed by atoms with Crippen molar-refractivity contribution in [1.29, 1.82) is 0 Å². The lowest BCUT2D eigenvalue weighted by atomic mass is 10.0. The van der Waals surface area contributed by atoms with Crippen LogP contribution in [0.25, 0.3) is 0 Å². The number of methoxy groups -OCH3 is 1. The number of hydrogen-bond donors (Lipinski definition) is 1. The van der Waals surface area contributed by atoms with Crippen molar-refractivity contribution < 1.29 is 9.84 Å². The number of aliphatic hydroxyl groups is 1. The molecule has 0 radical (unpaired) electrons. The summed E-state index contributed by atoms with van der Waals surface area (Å²) in [5.74, 6) is 0.853. The average molecular weight is 315 g/mol. The third kappa shape index (κ3) is 5.40. The van der Waals surface area contributed by atoms with E-state index in [0.29, 0.717) is 6.42 Å². The first-order chi connectivity index (χ1) is 8.67. The molecule has 1 atom stereocenters. The molecule has 0 fully saturated rings. The Balaban J connectivity index is 2.47. The van der Waals surface area contributed by atoms with Crippen molar-refractivity contribution in [3.8, 4) is 5.75 Å². The van der Waals surface area contributed by atoms with E-state index in [4.69, 9.17) is 4.74 Å². The lowest BCUT2D eigenvalue weighted by molar-refractivity contribution is 0.160. The van der Waals surface area contributed by atoms with Gasteiger partial charge in [-0.25, -0.2) is 0 Å². The molecule has 0 saturated heterocycles. The Morgan fingerprint density at radius 2 is 2.06 bits per heavy atom. The predicted octanol–water partition coefficient (Wildman–Crippen LogP) is 4.33. The number of hydrogen-bond acceptors (Lipinski definition) is 2. The lowest BCUT2D eigenvalue weighted by Crippen LogP contribution is -2.11.